The molecular weight excluding hydrogens is 348 g/mol. The van der Waals surface area contributed by atoms with Gasteiger partial charge in [-0.3, -0.25) is 15.1 Å². The van der Waals surface area contributed by atoms with Crippen LogP contribution in [-0.2, 0) is 0 Å². The van der Waals surface area contributed by atoms with Crippen LogP contribution in [0.2, 0.25) is 5.02 Å². The van der Waals surface area contributed by atoms with Gasteiger partial charge in [0.2, 0.25) is 0 Å². The van der Waals surface area contributed by atoms with Crippen LogP contribution in [0.4, 0.5) is 11.4 Å². The lowest BCUT2D eigenvalue weighted by Gasteiger charge is -2.00. The van der Waals surface area contributed by atoms with Crippen molar-refractivity contribution in [1.82, 2.24) is 0 Å². The van der Waals surface area contributed by atoms with Gasteiger partial charge in [0.25, 0.3) is 5.69 Å². The molecule has 0 amide bonds. The smallest absolute Gasteiger partial charge is 0.271 e. The van der Waals surface area contributed by atoms with Gasteiger partial charge in [0.15, 0.2) is 0 Å². The number of benzene rings is 2. The molecule has 0 saturated heterocycles. The summed E-state index contributed by atoms with van der Waals surface area (Å²) in [6.45, 7) is 0. The van der Waals surface area contributed by atoms with E-state index in [2.05, 4.69) is 20.9 Å². The molecule has 7 heteroatoms. The van der Waals surface area contributed by atoms with E-state index in [1.807, 2.05) is 0 Å². The molecule has 0 unspecified atom stereocenters. The van der Waals surface area contributed by atoms with Gasteiger partial charge in [0.05, 0.1) is 15.6 Å². The van der Waals surface area contributed by atoms with Crippen LogP contribution in [0.15, 0.2) is 45.9 Å². The fraction of sp³-hybridized carbons (Fsp3) is 0. The summed E-state index contributed by atoms with van der Waals surface area (Å²) in [6, 6.07) is 8.92. The van der Waals surface area contributed by atoms with Crippen molar-refractivity contribution in [3.8, 4) is 5.75 Å². The number of phenolic OH excluding ortho intramolecular Hbond substituents is 1. The normalized spacial score (nSPS) is 10.9. The van der Waals surface area contributed by atoms with Gasteiger partial charge in [0, 0.05) is 28.4 Å². The molecule has 2 aromatic carbocycles. The van der Waals surface area contributed by atoms with Crippen molar-refractivity contribution >= 4 is 45.1 Å². The Bertz CT molecular complexity index is 704. The van der Waals surface area contributed by atoms with Crippen molar-refractivity contribution < 1.29 is 10.0 Å². The summed E-state index contributed by atoms with van der Waals surface area (Å²) in [5, 5.41) is 20.4. The van der Waals surface area contributed by atoms with E-state index in [1.54, 1.807) is 12.1 Å². The van der Waals surface area contributed by atoms with Crippen LogP contribution in [0, 0.1) is 10.1 Å². The van der Waals surface area contributed by atoms with Crippen LogP contribution >= 0.6 is 27.5 Å². The Labute approximate surface area is 127 Å². The zero-order chi connectivity index (χ0) is 14.7. The first kappa shape index (κ1) is 14.5. The molecule has 2 rings (SSSR count). The number of halogens is 2. The van der Waals surface area contributed by atoms with Crippen molar-refractivity contribution in [2.24, 2.45) is 4.99 Å². The van der Waals surface area contributed by atoms with E-state index in [-0.39, 0.29) is 16.5 Å². The van der Waals surface area contributed by atoms with Crippen LogP contribution < -0.4 is 0 Å². The first-order chi connectivity index (χ1) is 9.47. The number of nitro groups is 1. The molecule has 0 bridgehead atoms. The van der Waals surface area contributed by atoms with E-state index in [9.17, 15) is 15.2 Å². The summed E-state index contributed by atoms with van der Waals surface area (Å²) in [4.78, 5) is 14.2. The van der Waals surface area contributed by atoms with E-state index in [0.717, 1.165) is 4.47 Å². The highest BCUT2D eigenvalue weighted by atomic mass is 79.9. The molecule has 102 valence electrons. The van der Waals surface area contributed by atoms with Gasteiger partial charge in [-0.15, -0.1) is 0 Å². The molecule has 0 atom stereocenters. The van der Waals surface area contributed by atoms with Crippen LogP contribution in [0.1, 0.15) is 5.56 Å². The Kier molecular flexibility index (Phi) is 4.36. The van der Waals surface area contributed by atoms with E-state index in [1.165, 1.54) is 30.5 Å². The minimum atomic E-state index is -0.528. The molecule has 2 aromatic rings. The third-order valence-corrected chi connectivity index (χ3v) is 3.27. The van der Waals surface area contributed by atoms with E-state index in [4.69, 9.17) is 11.6 Å². The lowest BCUT2D eigenvalue weighted by atomic mass is 10.2. The number of hydrogen-bond donors (Lipinski definition) is 1. The van der Waals surface area contributed by atoms with Gasteiger partial charge in [0.1, 0.15) is 5.75 Å². The van der Waals surface area contributed by atoms with E-state index in [0.29, 0.717) is 11.3 Å². The molecule has 0 radical (unpaired) electrons. The second kappa shape index (κ2) is 6.02. The summed E-state index contributed by atoms with van der Waals surface area (Å²) >= 11 is 9.21. The quantitative estimate of drug-likeness (QED) is 0.501. The van der Waals surface area contributed by atoms with Crippen LogP contribution in [0.5, 0.6) is 5.75 Å². The van der Waals surface area contributed by atoms with Crippen molar-refractivity contribution in [3.63, 3.8) is 0 Å². The lowest BCUT2D eigenvalue weighted by Crippen LogP contribution is -1.87. The van der Waals surface area contributed by atoms with E-state index >= 15 is 0 Å². The average Bonchev–Trinajstić information content (AvgIpc) is 2.40. The fourth-order valence-electron chi connectivity index (χ4n) is 1.48. The van der Waals surface area contributed by atoms with Gasteiger partial charge in [-0.05, 0) is 24.3 Å². The van der Waals surface area contributed by atoms with Crippen molar-refractivity contribution in [1.29, 1.82) is 0 Å². The molecule has 0 fully saturated rings. The number of phenols is 1. The first-order valence-corrected chi connectivity index (χ1v) is 6.61. The van der Waals surface area contributed by atoms with Gasteiger partial charge in [-0.1, -0.05) is 27.5 Å². The number of nitro benzene ring substituents is 1. The number of nitrogens with zero attached hydrogens (tertiary/aromatic N) is 2. The molecule has 0 aliphatic carbocycles. The fourth-order valence-corrected chi connectivity index (χ4v) is 2.08. The van der Waals surface area contributed by atoms with Crippen molar-refractivity contribution in [2.75, 3.05) is 0 Å². The molecule has 0 aliphatic rings. The van der Waals surface area contributed by atoms with Crippen LogP contribution in [-0.4, -0.2) is 16.2 Å². The molecule has 0 saturated carbocycles. The number of rotatable bonds is 3. The average molecular weight is 356 g/mol. The summed E-state index contributed by atoms with van der Waals surface area (Å²) in [5.74, 6) is 0.0787. The second-order valence-corrected chi connectivity index (χ2v) is 5.18. The molecular formula is C13H8BrClN2O3. The Hall–Kier alpha value is -1.92. The predicted molar refractivity (Wildman–Crippen MR) is 81.2 cm³/mol. The summed E-state index contributed by atoms with van der Waals surface area (Å²) in [7, 11) is 0. The van der Waals surface area contributed by atoms with Gasteiger partial charge < -0.3 is 5.11 Å². The standard InChI is InChI=1S/C13H8BrClN2O3/c14-9-1-4-13(18)8(5-9)7-16-12-3-2-10(17(19)20)6-11(12)15/h1-7,18H. The largest absolute Gasteiger partial charge is 0.507 e. The second-order valence-electron chi connectivity index (χ2n) is 3.85. The zero-order valence-electron chi connectivity index (χ0n) is 9.96. The van der Waals surface area contributed by atoms with Gasteiger partial charge in [-0.25, -0.2) is 0 Å². The lowest BCUT2D eigenvalue weighted by molar-refractivity contribution is -0.384. The molecule has 0 aliphatic heterocycles. The van der Waals surface area contributed by atoms with Crippen molar-refractivity contribution in [2.45, 2.75) is 0 Å². The zero-order valence-corrected chi connectivity index (χ0v) is 12.3. The maximum absolute atomic E-state index is 10.6. The first-order valence-electron chi connectivity index (χ1n) is 5.44. The van der Waals surface area contributed by atoms with E-state index < -0.39 is 4.92 Å². The minimum Gasteiger partial charge on any atom is -0.507 e. The number of aromatic hydroxyl groups is 1. The Morgan fingerprint density at radius 3 is 2.70 bits per heavy atom. The molecule has 20 heavy (non-hydrogen) atoms. The molecule has 1 N–H and O–H groups in total. The molecule has 0 spiro atoms. The Balaban J connectivity index is 2.32. The number of non-ortho nitro benzene ring substituents is 1. The minimum absolute atomic E-state index is 0.0787. The van der Waals surface area contributed by atoms with Crippen LogP contribution in [0.3, 0.4) is 0 Å². The number of hydrogen-bond acceptors (Lipinski definition) is 4. The number of aliphatic imine (C=N–C) groups is 1. The highest BCUT2D eigenvalue weighted by Gasteiger charge is 2.08. The summed E-state index contributed by atoms with van der Waals surface area (Å²) in [5.41, 5.74) is 0.796. The maximum Gasteiger partial charge on any atom is 0.271 e. The highest BCUT2D eigenvalue weighted by molar-refractivity contribution is 9.10. The molecule has 0 heterocycles. The van der Waals surface area contributed by atoms with Gasteiger partial charge in [-0.2, -0.15) is 0 Å². The third kappa shape index (κ3) is 3.34. The molecule has 0 aromatic heterocycles. The third-order valence-electron chi connectivity index (χ3n) is 2.47. The van der Waals surface area contributed by atoms with Gasteiger partial charge >= 0.3 is 0 Å². The topological polar surface area (TPSA) is 75.7 Å². The predicted octanol–water partition coefficient (Wildman–Crippen LogP) is 4.47. The summed E-state index contributed by atoms with van der Waals surface area (Å²) < 4.78 is 0.798. The van der Waals surface area contributed by atoms with Crippen molar-refractivity contribution in [3.05, 3.63) is 61.6 Å². The Morgan fingerprint density at radius 1 is 1.30 bits per heavy atom. The Morgan fingerprint density at radius 2 is 2.05 bits per heavy atom. The summed E-state index contributed by atoms with van der Waals surface area (Å²) in [6.07, 6.45) is 1.44. The molecule has 5 nitrogen and oxygen atoms in total. The highest BCUT2D eigenvalue weighted by Crippen LogP contribution is 2.29. The maximum atomic E-state index is 10.6. The monoisotopic (exact) mass is 354 g/mol. The van der Waals surface area contributed by atoms with Crippen LogP contribution in [0.25, 0.3) is 0 Å². The SMILES string of the molecule is O=[N+]([O-])c1ccc(N=Cc2cc(Br)ccc2O)c(Cl)c1.